The largest absolute Gasteiger partial charge is 0.368 e. The van der Waals surface area contributed by atoms with Gasteiger partial charge in [0.2, 0.25) is 0 Å². The van der Waals surface area contributed by atoms with Crippen molar-refractivity contribution < 1.29 is 0 Å². The number of thioether (sulfide) groups is 1. The van der Waals surface area contributed by atoms with Gasteiger partial charge in [-0.3, -0.25) is 0 Å². The second kappa shape index (κ2) is 5.22. The summed E-state index contributed by atoms with van der Waals surface area (Å²) in [5, 5.41) is 12.9. The fourth-order valence-corrected chi connectivity index (χ4v) is 3.00. The molecular formula is C12H15N3S. The lowest BCUT2D eigenvalue weighted by molar-refractivity contribution is 0.803. The van der Waals surface area contributed by atoms with Gasteiger partial charge in [-0.15, -0.1) is 0 Å². The molecule has 0 bridgehead atoms. The molecule has 1 fully saturated rings. The molecule has 2 rings (SSSR count). The number of nitrogens with zero attached hydrogens (tertiary/aromatic N) is 2. The van der Waals surface area contributed by atoms with E-state index in [2.05, 4.69) is 16.4 Å². The topological polar surface area (TPSA) is 48.7 Å². The number of rotatable bonds is 3. The van der Waals surface area contributed by atoms with Crippen LogP contribution in [-0.2, 0) is 0 Å². The minimum atomic E-state index is 0.633. The standard InChI is InChI=1S/C12H15N3S/c1-9-4-5-10(7-13)12(15-9)14-8-11-3-2-6-16-11/h4-5,11H,2-3,6,8H2,1H3,(H,14,15). The number of nitriles is 1. The minimum absolute atomic E-state index is 0.633. The maximum absolute atomic E-state index is 8.97. The van der Waals surface area contributed by atoms with E-state index in [0.717, 1.165) is 18.1 Å². The first kappa shape index (κ1) is 11.3. The lowest BCUT2D eigenvalue weighted by Crippen LogP contribution is -2.15. The Hall–Kier alpha value is -1.21. The molecule has 3 nitrogen and oxygen atoms in total. The molecular weight excluding hydrogens is 218 g/mol. The van der Waals surface area contributed by atoms with Gasteiger partial charge in [0.15, 0.2) is 0 Å². The summed E-state index contributed by atoms with van der Waals surface area (Å²) in [6, 6.07) is 5.86. The van der Waals surface area contributed by atoms with Gasteiger partial charge in [-0.25, -0.2) is 4.98 Å². The van der Waals surface area contributed by atoms with E-state index < -0.39 is 0 Å². The quantitative estimate of drug-likeness (QED) is 0.871. The van der Waals surface area contributed by atoms with Crippen LogP contribution in [0.15, 0.2) is 12.1 Å². The van der Waals surface area contributed by atoms with Gasteiger partial charge in [0.05, 0.1) is 5.56 Å². The molecule has 1 aromatic heterocycles. The smallest absolute Gasteiger partial charge is 0.144 e. The minimum Gasteiger partial charge on any atom is -0.368 e. The van der Waals surface area contributed by atoms with E-state index in [-0.39, 0.29) is 0 Å². The number of aromatic nitrogens is 1. The van der Waals surface area contributed by atoms with E-state index in [1.807, 2.05) is 30.8 Å². The van der Waals surface area contributed by atoms with Crippen molar-refractivity contribution in [2.24, 2.45) is 0 Å². The average Bonchev–Trinajstić information content (AvgIpc) is 2.79. The van der Waals surface area contributed by atoms with Crippen molar-refractivity contribution in [3.05, 3.63) is 23.4 Å². The lowest BCUT2D eigenvalue weighted by Gasteiger charge is -2.11. The van der Waals surface area contributed by atoms with Gasteiger partial charge in [-0.05, 0) is 37.7 Å². The Bertz CT molecular complexity index is 405. The molecule has 0 radical (unpaired) electrons. The molecule has 0 amide bonds. The molecule has 84 valence electrons. The van der Waals surface area contributed by atoms with Gasteiger partial charge in [0.25, 0.3) is 0 Å². The first-order valence-electron chi connectivity index (χ1n) is 5.53. The third-order valence-electron chi connectivity index (χ3n) is 2.68. The van der Waals surface area contributed by atoms with Gasteiger partial charge >= 0.3 is 0 Å². The highest BCUT2D eigenvalue weighted by Gasteiger charge is 2.15. The van der Waals surface area contributed by atoms with Crippen LogP contribution in [-0.4, -0.2) is 22.5 Å². The second-order valence-corrected chi connectivity index (χ2v) is 5.38. The molecule has 4 heteroatoms. The number of hydrogen-bond acceptors (Lipinski definition) is 4. The van der Waals surface area contributed by atoms with Crippen molar-refractivity contribution in [3.63, 3.8) is 0 Å². The van der Waals surface area contributed by atoms with Crippen molar-refractivity contribution in [1.29, 1.82) is 5.26 Å². The molecule has 0 saturated carbocycles. The molecule has 0 aromatic carbocycles. The second-order valence-electron chi connectivity index (χ2n) is 3.98. The van der Waals surface area contributed by atoms with Crippen molar-refractivity contribution in [1.82, 2.24) is 4.98 Å². The third-order valence-corrected chi connectivity index (χ3v) is 4.07. The number of pyridine rings is 1. The Labute approximate surface area is 100 Å². The van der Waals surface area contributed by atoms with Crippen LogP contribution < -0.4 is 5.32 Å². The Morgan fingerprint density at radius 2 is 2.50 bits per heavy atom. The summed E-state index contributed by atoms with van der Waals surface area (Å²) in [7, 11) is 0. The van der Waals surface area contributed by atoms with E-state index >= 15 is 0 Å². The zero-order valence-corrected chi connectivity index (χ0v) is 10.2. The molecule has 1 N–H and O–H groups in total. The van der Waals surface area contributed by atoms with Gasteiger partial charge in [0, 0.05) is 17.5 Å². The molecule has 1 unspecified atom stereocenters. The highest BCUT2D eigenvalue weighted by Crippen LogP contribution is 2.26. The molecule has 16 heavy (non-hydrogen) atoms. The van der Waals surface area contributed by atoms with Crippen LogP contribution in [0.2, 0.25) is 0 Å². The summed E-state index contributed by atoms with van der Waals surface area (Å²) in [6.45, 7) is 2.85. The highest BCUT2D eigenvalue weighted by atomic mass is 32.2. The zero-order chi connectivity index (χ0) is 11.4. The first-order valence-corrected chi connectivity index (χ1v) is 6.57. The lowest BCUT2D eigenvalue weighted by atomic mass is 10.2. The molecule has 1 aromatic rings. The zero-order valence-electron chi connectivity index (χ0n) is 9.36. The van der Waals surface area contributed by atoms with Crippen molar-refractivity contribution in [3.8, 4) is 6.07 Å². The average molecular weight is 233 g/mol. The summed E-state index contributed by atoms with van der Waals surface area (Å²) in [5.74, 6) is 1.99. The first-order chi connectivity index (χ1) is 7.79. The van der Waals surface area contributed by atoms with E-state index in [9.17, 15) is 0 Å². The molecule has 0 spiro atoms. The molecule has 1 aliphatic heterocycles. The van der Waals surface area contributed by atoms with Gasteiger partial charge in [0.1, 0.15) is 11.9 Å². The van der Waals surface area contributed by atoms with Gasteiger partial charge in [-0.2, -0.15) is 17.0 Å². The molecule has 0 aliphatic carbocycles. The Morgan fingerprint density at radius 1 is 1.62 bits per heavy atom. The van der Waals surface area contributed by atoms with Crippen LogP contribution in [0.25, 0.3) is 0 Å². The van der Waals surface area contributed by atoms with Gasteiger partial charge < -0.3 is 5.32 Å². The van der Waals surface area contributed by atoms with Crippen molar-refractivity contribution in [2.75, 3.05) is 17.6 Å². The Balaban J connectivity index is 2.02. The summed E-state index contributed by atoms with van der Waals surface area (Å²) in [5.41, 5.74) is 1.58. The van der Waals surface area contributed by atoms with Crippen LogP contribution in [0.4, 0.5) is 5.82 Å². The van der Waals surface area contributed by atoms with Crippen molar-refractivity contribution >= 4 is 17.6 Å². The van der Waals surface area contributed by atoms with Crippen LogP contribution in [0.5, 0.6) is 0 Å². The van der Waals surface area contributed by atoms with E-state index in [1.165, 1.54) is 18.6 Å². The van der Waals surface area contributed by atoms with E-state index in [4.69, 9.17) is 5.26 Å². The van der Waals surface area contributed by atoms with Crippen LogP contribution in [0, 0.1) is 18.3 Å². The number of aryl methyl sites for hydroxylation is 1. The Morgan fingerprint density at radius 3 is 3.19 bits per heavy atom. The Kier molecular flexibility index (Phi) is 3.68. The van der Waals surface area contributed by atoms with Crippen LogP contribution >= 0.6 is 11.8 Å². The fraction of sp³-hybridized carbons (Fsp3) is 0.500. The number of nitrogens with one attached hydrogen (secondary N) is 1. The predicted molar refractivity (Wildman–Crippen MR) is 67.7 cm³/mol. The highest BCUT2D eigenvalue weighted by molar-refractivity contribution is 8.00. The third kappa shape index (κ3) is 2.67. The summed E-state index contributed by atoms with van der Waals surface area (Å²) in [4.78, 5) is 4.36. The SMILES string of the molecule is Cc1ccc(C#N)c(NCC2CCCS2)n1. The van der Waals surface area contributed by atoms with Crippen LogP contribution in [0.1, 0.15) is 24.1 Å². The predicted octanol–water partition coefficient (Wildman–Crippen LogP) is 2.57. The molecule has 1 atom stereocenters. The van der Waals surface area contributed by atoms with E-state index in [0.29, 0.717) is 10.8 Å². The van der Waals surface area contributed by atoms with E-state index in [1.54, 1.807) is 0 Å². The fourth-order valence-electron chi connectivity index (χ4n) is 1.80. The number of hydrogen-bond donors (Lipinski definition) is 1. The van der Waals surface area contributed by atoms with Gasteiger partial charge in [-0.1, -0.05) is 0 Å². The molecule has 2 heterocycles. The summed E-state index contributed by atoms with van der Waals surface area (Å²) in [6.07, 6.45) is 2.58. The maximum atomic E-state index is 8.97. The summed E-state index contributed by atoms with van der Waals surface area (Å²) >= 11 is 2.01. The summed E-state index contributed by atoms with van der Waals surface area (Å²) < 4.78 is 0. The maximum Gasteiger partial charge on any atom is 0.144 e. The monoisotopic (exact) mass is 233 g/mol. The normalized spacial score (nSPS) is 19.4. The van der Waals surface area contributed by atoms with Crippen molar-refractivity contribution in [2.45, 2.75) is 25.0 Å². The number of anilines is 1. The molecule has 1 aliphatic rings. The molecule has 1 saturated heterocycles. The van der Waals surface area contributed by atoms with Crippen LogP contribution in [0.3, 0.4) is 0 Å².